The van der Waals surface area contributed by atoms with E-state index in [4.69, 9.17) is 9.40 Å². The van der Waals surface area contributed by atoms with Gasteiger partial charge in [0.05, 0.1) is 22.7 Å². The van der Waals surface area contributed by atoms with Crippen molar-refractivity contribution in [3.05, 3.63) is 83.2 Å². The molecule has 4 aromatic heterocycles. The maximum Gasteiger partial charge on any atom is 0.136 e. The summed E-state index contributed by atoms with van der Waals surface area (Å²) in [5.74, 6) is 6.39. The molecule has 7 atom stereocenters. The lowest BCUT2D eigenvalue weighted by Gasteiger charge is -2.48. The fraction of sp³-hybridized carbons (Fsp3) is 0.413. The molecule has 8 aromatic rings. The molecule has 0 N–H and O–H groups in total. The van der Waals surface area contributed by atoms with Gasteiger partial charge in [0.1, 0.15) is 11.2 Å². The van der Waals surface area contributed by atoms with Gasteiger partial charge in [-0.1, -0.05) is 36.4 Å². The molecule has 0 radical (unpaired) electrons. The number of nitrogens with zero attached hydrogens (tertiary/aromatic N) is 2. The Morgan fingerprint density at radius 3 is 2.33 bits per heavy atom. The SMILES string of the molecule is c1cc2cccc3c2c(c1)oc1cc2c4c5c(ncc4n4c6ccc7c(c6c(c13)c24)C1CC2CC(CC7C2)C1)C1CC2CC3CC5CC23C1. The van der Waals surface area contributed by atoms with Crippen LogP contribution in [0.2, 0.25) is 0 Å². The van der Waals surface area contributed by atoms with Gasteiger partial charge in [-0.25, -0.2) is 0 Å². The van der Waals surface area contributed by atoms with Gasteiger partial charge in [-0.15, -0.1) is 0 Å². The Bertz CT molecular complexity index is 2850. The van der Waals surface area contributed by atoms with Crippen LogP contribution in [0.5, 0.6) is 0 Å². The predicted molar refractivity (Wildman–Crippen MR) is 197 cm³/mol. The van der Waals surface area contributed by atoms with Crippen molar-refractivity contribution in [1.29, 1.82) is 0 Å². The average molecular weight is 635 g/mol. The molecule has 5 fully saturated rings. The maximum atomic E-state index is 7.11. The van der Waals surface area contributed by atoms with Crippen LogP contribution in [0.15, 0.2) is 65.2 Å². The first-order valence-electron chi connectivity index (χ1n) is 19.6. The van der Waals surface area contributed by atoms with Gasteiger partial charge in [0.15, 0.2) is 0 Å². The summed E-state index contributed by atoms with van der Waals surface area (Å²) < 4.78 is 9.82. The second kappa shape index (κ2) is 7.78. The molecular formula is C46H38N2O. The summed E-state index contributed by atoms with van der Waals surface area (Å²) in [5.41, 5.74) is 13.4. The zero-order chi connectivity index (χ0) is 31.1. The van der Waals surface area contributed by atoms with Crippen LogP contribution in [-0.4, -0.2) is 9.38 Å². The van der Waals surface area contributed by atoms with Gasteiger partial charge in [-0.3, -0.25) is 4.98 Å². The molecule has 1 spiro atoms. The lowest BCUT2D eigenvalue weighted by Crippen LogP contribution is -2.41. The molecule has 3 nitrogen and oxygen atoms in total. The van der Waals surface area contributed by atoms with Crippen LogP contribution in [0.4, 0.5) is 0 Å². The van der Waals surface area contributed by atoms with Crippen molar-refractivity contribution in [3.8, 4) is 0 Å². The number of hydrogen-bond donors (Lipinski definition) is 0. The van der Waals surface area contributed by atoms with Crippen LogP contribution in [0.25, 0.3) is 70.8 Å². The highest BCUT2D eigenvalue weighted by atomic mass is 16.3. The van der Waals surface area contributed by atoms with E-state index in [9.17, 15) is 0 Å². The van der Waals surface area contributed by atoms with E-state index in [0.717, 1.165) is 40.8 Å². The second-order valence-electron chi connectivity index (χ2n) is 18.3. The van der Waals surface area contributed by atoms with Crippen LogP contribution in [-0.2, 0) is 0 Å². The minimum atomic E-state index is 0.621. The second-order valence-corrected chi connectivity index (χ2v) is 18.3. The minimum Gasteiger partial charge on any atom is -0.456 e. The average Bonchev–Trinajstić information content (AvgIpc) is 3.75. The normalized spacial score (nSPS) is 35.0. The van der Waals surface area contributed by atoms with E-state index in [0.29, 0.717) is 23.2 Å². The summed E-state index contributed by atoms with van der Waals surface area (Å²) in [4.78, 5) is 5.54. The quantitative estimate of drug-likeness (QED) is 0.123. The Morgan fingerprint density at radius 1 is 0.612 bits per heavy atom. The van der Waals surface area contributed by atoms with Crippen molar-refractivity contribution in [2.45, 2.75) is 87.9 Å². The van der Waals surface area contributed by atoms with Gasteiger partial charge in [0.2, 0.25) is 0 Å². The largest absolute Gasteiger partial charge is 0.456 e. The lowest BCUT2D eigenvalue weighted by atomic mass is 9.56. The molecule has 4 aromatic carbocycles. The first-order valence-corrected chi connectivity index (χ1v) is 19.6. The third kappa shape index (κ3) is 2.61. The third-order valence-corrected chi connectivity index (χ3v) is 16.6. The first kappa shape index (κ1) is 24.9. The van der Waals surface area contributed by atoms with Crippen molar-refractivity contribution < 1.29 is 4.42 Å². The summed E-state index contributed by atoms with van der Waals surface area (Å²) in [6, 6.07) is 21.1. The van der Waals surface area contributed by atoms with Crippen molar-refractivity contribution in [1.82, 2.24) is 9.38 Å². The summed E-state index contributed by atoms with van der Waals surface area (Å²) in [7, 11) is 0. The van der Waals surface area contributed by atoms with Gasteiger partial charge in [-0.05, 0) is 157 Å². The smallest absolute Gasteiger partial charge is 0.136 e. The predicted octanol–water partition coefficient (Wildman–Crippen LogP) is 12.1. The van der Waals surface area contributed by atoms with Gasteiger partial charge in [-0.2, -0.15) is 0 Å². The molecule has 8 aliphatic carbocycles. The van der Waals surface area contributed by atoms with E-state index in [2.05, 4.69) is 65.2 Å². The third-order valence-electron chi connectivity index (χ3n) is 16.6. The minimum absolute atomic E-state index is 0.621. The maximum absolute atomic E-state index is 7.11. The summed E-state index contributed by atoms with van der Waals surface area (Å²) >= 11 is 0. The first-order chi connectivity index (χ1) is 24.2. The van der Waals surface area contributed by atoms with Crippen molar-refractivity contribution in [2.75, 3.05) is 0 Å². The highest BCUT2D eigenvalue weighted by Gasteiger charge is 2.66. The van der Waals surface area contributed by atoms with Gasteiger partial charge >= 0.3 is 0 Å². The zero-order valence-electron chi connectivity index (χ0n) is 27.8. The number of pyridine rings is 1. The Kier molecular flexibility index (Phi) is 3.96. The van der Waals surface area contributed by atoms with E-state index >= 15 is 0 Å². The molecule has 0 aliphatic heterocycles. The molecule has 0 saturated heterocycles. The van der Waals surface area contributed by atoms with Crippen LogP contribution >= 0.6 is 0 Å². The van der Waals surface area contributed by atoms with E-state index in [-0.39, 0.29) is 0 Å². The molecule has 4 heterocycles. The number of aromatic nitrogens is 2. The monoisotopic (exact) mass is 634 g/mol. The summed E-state index contributed by atoms with van der Waals surface area (Å²) in [6.45, 7) is 0. The zero-order valence-corrected chi connectivity index (χ0v) is 27.8. The Hall–Kier alpha value is -4.11. The Labute approximate surface area is 284 Å². The summed E-state index contributed by atoms with van der Waals surface area (Å²) in [5, 5.41) is 11.2. The molecular weight excluding hydrogens is 597 g/mol. The standard InChI is InChI=1S/C46H38N2O/c1-3-23-4-2-6-35-37(23)31(5-1)41-36(49-35)17-32-40-34(20-47-44-27-15-29-16-28-14-26(39(40)44)18-46(28,29)19-27)48-33-8-7-30-24-10-21-9-22(11-24)13-25(12-21)38(30)42(33)43(41)45(32)48/h1-8,17,20-22,24-29H,9-16,18-19H2. The van der Waals surface area contributed by atoms with Crippen LogP contribution in [0, 0.1) is 29.1 Å². The molecule has 8 aliphatic rings. The van der Waals surface area contributed by atoms with Crippen LogP contribution < -0.4 is 0 Å². The molecule has 5 saturated carbocycles. The molecule has 238 valence electrons. The van der Waals surface area contributed by atoms with E-state index in [1.165, 1.54) is 124 Å². The molecule has 7 bridgehead atoms. The van der Waals surface area contributed by atoms with E-state index in [1.807, 2.05) is 0 Å². The number of hydrogen-bond acceptors (Lipinski definition) is 2. The molecule has 16 rings (SSSR count). The number of fused-ring (bicyclic) bond motifs is 15. The molecule has 0 amide bonds. The van der Waals surface area contributed by atoms with Crippen molar-refractivity contribution in [2.24, 2.45) is 29.1 Å². The lowest BCUT2D eigenvalue weighted by molar-refractivity contribution is 0.00321. The van der Waals surface area contributed by atoms with Gasteiger partial charge in [0.25, 0.3) is 0 Å². The number of rotatable bonds is 0. The van der Waals surface area contributed by atoms with Crippen molar-refractivity contribution >= 4 is 70.8 Å². The fourth-order valence-corrected chi connectivity index (χ4v) is 15.3. The Balaban J connectivity index is 1.19. The van der Waals surface area contributed by atoms with Crippen LogP contribution in [0.1, 0.15) is 110 Å². The highest BCUT2D eigenvalue weighted by molar-refractivity contribution is 6.36. The molecule has 7 unspecified atom stereocenters. The highest BCUT2D eigenvalue weighted by Crippen LogP contribution is 2.76. The van der Waals surface area contributed by atoms with E-state index in [1.54, 1.807) is 22.1 Å². The van der Waals surface area contributed by atoms with E-state index < -0.39 is 0 Å². The summed E-state index contributed by atoms with van der Waals surface area (Å²) in [6.07, 6.45) is 16.4. The van der Waals surface area contributed by atoms with Gasteiger partial charge in [0, 0.05) is 43.9 Å². The van der Waals surface area contributed by atoms with Crippen LogP contribution in [0.3, 0.4) is 0 Å². The number of benzene rings is 4. The van der Waals surface area contributed by atoms with Gasteiger partial charge < -0.3 is 8.82 Å². The topological polar surface area (TPSA) is 30.4 Å². The molecule has 49 heavy (non-hydrogen) atoms. The fourth-order valence-electron chi connectivity index (χ4n) is 15.3. The molecule has 3 heteroatoms. The van der Waals surface area contributed by atoms with Crippen molar-refractivity contribution in [3.63, 3.8) is 0 Å². The Morgan fingerprint density at radius 2 is 1.43 bits per heavy atom.